The maximum absolute atomic E-state index is 12.1. The number of hydrogen-bond donors (Lipinski definition) is 1. The van der Waals surface area contributed by atoms with E-state index >= 15 is 0 Å². The molecule has 116 valence electrons. The number of carbonyl (C=O) groups excluding carboxylic acids is 1. The molecule has 0 radical (unpaired) electrons. The van der Waals surface area contributed by atoms with Gasteiger partial charge in [0.05, 0.1) is 5.56 Å². The van der Waals surface area contributed by atoms with Crippen LogP contribution in [0.1, 0.15) is 15.9 Å². The molecule has 0 saturated heterocycles. The molecule has 1 N–H and O–H groups in total. The second kappa shape index (κ2) is 6.93. The summed E-state index contributed by atoms with van der Waals surface area (Å²) >= 11 is 0. The fraction of sp³-hybridized carbons (Fsp3) is 0.294. The summed E-state index contributed by atoms with van der Waals surface area (Å²) in [6, 6.07) is 11.7. The highest BCUT2D eigenvalue weighted by Crippen LogP contribution is 2.13. The van der Waals surface area contributed by atoms with Crippen LogP contribution in [-0.2, 0) is 6.54 Å². The zero-order valence-electron chi connectivity index (χ0n) is 13.5. The normalized spacial score (nSPS) is 10.2. The molecule has 0 bridgehead atoms. The van der Waals surface area contributed by atoms with Gasteiger partial charge in [0.15, 0.2) is 0 Å². The van der Waals surface area contributed by atoms with Crippen LogP contribution in [0.3, 0.4) is 0 Å². The zero-order chi connectivity index (χ0) is 16.1. The highest BCUT2D eigenvalue weighted by Gasteiger charge is 2.07. The van der Waals surface area contributed by atoms with Crippen molar-refractivity contribution in [2.24, 2.45) is 0 Å². The summed E-state index contributed by atoms with van der Waals surface area (Å²) in [4.78, 5) is 20.3. The Balaban J connectivity index is 1.99. The van der Waals surface area contributed by atoms with Gasteiger partial charge in [-0.1, -0.05) is 12.1 Å². The molecule has 0 saturated carbocycles. The van der Waals surface area contributed by atoms with E-state index in [1.54, 1.807) is 12.3 Å². The van der Waals surface area contributed by atoms with Gasteiger partial charge in [-0.15, -0.1) is 0 Å². The number of nitrogens with one attached hydrogen (secondary N) is 1. The Kier molecular flexibility index (Phi) is 4.99. The van der Waals surface area contributed by atoms with Gasteiger partial charge in [0.2, 0.25) is 0 Å². The number of rotatable bonds is 5. The fourth-order valence-electron chi connectivity index (χ4n) is 2.01. The molecule has 1 aromatic heterocycles. The first-order valence-electron chi connectivity index (χ1n) is 7.15. The van der Waals surface area contributed by atoms with Crippen LogP contribution in [0.2, 0.25) is 0 Å². The van der Waals surface area contributed by atoms with Gasteiger partial charge in [0.25, 0.3) is 5.91 Å². The third kappa shape index (κ3) is 3.97. The summed E-state index contributed by atoms with van der Waals surface area (Å²) in [5.41, 5.74) is 2.75. The average Bonchev–Trinajstić information content (AvgIpc) is 2.53. The summed E-state index contributed by atoms with van der Waals surface area (Å²) < 4.78 is 0. The van der Waals surface area contributed by atoms with Crippen molar-refractivity contribution in [2.75, 3.05) is 38.0 Å². The van der Waals surface area contributed by atoms with Crippen LogP contribution in [0.4, 0.5) is 11.5 Å². The molecule has 5 heteroatoms. The summed E-state index contributed by atoms with van der Waals surface area (Å²) in [6.45, 7) is 0.496. The molecule has 0 aliphatic rings. The molecular formula is C17H22N4O. The van der Waals surface area contributed by atoms with Gasteiger partial charge in [-0.3, -0.25) is 4.79 Å². The van der Waals surface area contributed by atoms with E-state index in [1.165, 1.54) is 0 Å². The van der Waals surface area contributed by atoms with Crippen molar-refractivity contribution in [2.45, 2.75) is 6.54 Å². The number of hydrogen-bond acceptors (Lipinski definition) is 4. The van der Waals surface area contributed by atoms with Crippen LogP contribution < -0.4 is 15.1 Å². The number of carbonyl (C=O) groups is 1. The molecule has 0 aliphatic heterocycles. The van der Waals surface area contributed by atoms with Gasteiger partial charge in [0.1, 0.15) is 5.82 Å². The number of anilines is 2. The number of nitrogens with zero attached hydrogens (tertiary/aromatic N) is 3. The smallest absolute Gasteiger partial charge is 0.253 e. The Morgan fingerprint density at radius 1 is 1.09 bits per heavy atom. The first kappa shape index (κ1) is 15.8. The van der Waals surface area contributed by atoms with E-state index in [2.05, 4.69) is 16.4 Å². The quantitative estimate of drug-likeness (QED) is 0.919. The monoisotopic (exact) mass is 298 g/mol. The predicted molar refractivity (Wildman–Crippen MR) is 90.5 cm³/mol. The van der Waals surface area contributed by atoms with Crippen LogP contribution in [-0.4, -0.2) is 39.1 Å². The van der Waals surface area contributed by atoms with Crippen LogP contribution in [0.25, 0.3) is 0 Å². The predicted octanol–water partition coefficient (Wildman–Crippen LogP) is 2.14. The average molecular weight is 298 g/mol. The highest BCUT2D eigenvalue weighted by atomic mass is 16.1. The summed E-state index contributed by atoms with van der Waals surface area (Å²) in [6.07, 6.45) is 1.60. The van der Waals surface area contributed by atoms with Gasteiger partial charge in [0, 0.05) is 46.6 Å². The first-order valence-corrected chi connectivity index (χ1v) is 7.15. The maximum Gasteiger partial charge on any atom is 0.253 e. The molecule has 0 unspecified atom stereocenters. The molecule has 1 aromatic carbocycles. The van der Waals surface area contributed by atoms with E-state index in [9.17, 15) is 4.79 Å². The van der Waals surface area contributed by atoms with Gasteiger partial charge in [-0.25, -0.2) is 4.98 Å². The van der Waals surface area contributed by atoms with E-state index in [-0.39, 0.29) is 5.91 Å². The lowest BCUT2D eigenvalue weighted by atomic mass is 10.2. The molecule has 5 nitrogen and oxygen atoms in total. The molecule has 1 heterocycles. The SMILES string of the molecule is CN(C)c1cccc(CNC(=O)c2ccc(N(C)C)nc2)c1. The third-order valence-corrected chi connectivity index (χ3v) is 3.35. The summed E-state index contributed by atoms with van der Waals surface area (Å²) in [5, 5.41) is 2.92. The third-order valence-electron chi connectivity index (χ3n) is 3.35. The van der Waals surface area contributed by atoms with Crippen molar-refractivity contribution < 1.29 is 4.79 Å². The van der Waals surface area contributed by atoms with E-state index < -0.39 is 0 Å². The molecule has 0 aliphatic carbocycles. The molecule has 22 heavy (non-hydrogen) atoms. The number of benzene rings is 1. The lowest BCUT2D eigenvalue weighted by molar-refractivity contribution is 0.0950. The molecule has 2 rings (SSSR count). The zero-order valence-corrected chi connectivity index (χ0v) is 13.5. The van der Waals surface area contributed by atoms with E-state index in [0.717, 1.165) is 17.1 Å². The van der Waals surface area contributed by atoms with Gasteiger partial charge >= 0.3 is 0 Å². The fourth-order valence-corrected chi connectivity index (χ4v) is 2.01. The lowest BCUT2D eigenvalue weighted by Crippen LogP contribution is -2.23. The van der Waals surface area contributed by atoms with E-state index in [0.29, 0.717) is 12.1 Å². The van der Waals surface area contributed by atoms with Crippen molar-refractivity contribution in [3.8, 4) is 0 Å². The Hall–Kier alpha value is -2.56. The Morgan fingerprint density at radius 3 is 2.45 bits per heavy atom. The number of aromatic nitrogens is 1. The van der Waals surface area contributed by atoms with E-state index in [1.807, 2.05) is 62.3 Å². The van der Waals surface area contributed by atoms with Gasteiger partial charge in [-0.05, 0) is 29.8 Å². The summed E-state index contributed by atoms with van der Waals surface area (Å²) in [5.74, 6) is 0.711. The van der Waals surface area contributed by atoms with Gasteiger partial charge in [-0.2, -0.15) is 0 Å². The largest absolute Gasteiger partial charge is 0.378 e. The van der Waals surface area contributed by atoms with Crippen LogP contribution in [0, 0.1) is 0 Å². The number of amides is 1. The molecule has 0 atom stereocenters. The Labute approximate surface area is 131 Å². The second-order valence-corrected chi connectivity index (χ2v) is 5.55. The van der Waals surface area contributed by atoms with Crippen LogP contribution in [0.15, 0.2) is 42.6 Å². The van der Waals surface area contributed by atoms with Crippen molar-refractivity contribution in [3.05, 3.63) is 53.7 Å². The standard InChI is InChI=1S/C17H22N4O/c1-20(2)15-7-5-6-13(10-15)11-19-17(22)14-8-9-16(18-12-14)21(3)4/h5-10,12H,11H2,1-4H3,(H,19,22). The highest BCUT2D eigenvalue weighted by molar-refractivity contribution is 5.94. The van der Waals surface area contributed by atoms with Crippen molar-refractivity contribution >= 4 is 17.4 Å². The minimum Gasteiger partial charge on any atom is -0.378 e. The van der Waals surface area contributed by atoms with Gasteiger partial charge < -0.3 is 15.1 Å². The number of pyridine rings is 1. The Bertz CT molecular complexity index is 635. The minimum atomic E-state index is -0.118. The van der Waals surface area contributed by atoms with E-state index in [4.69, 9.17) is 0 Å². The Morgan fingerprint density at radius 2 is 1.86 bits per heavy atom. The van der Waals surface area contributed by atoms with Crippen LogP contribution >= 0.6 is 0 Å². The lowest BCUT2D eigenvalue weighted by Gasteiger charge is -2.14. The second-order valence-electron chi connectivity index (χ2n) is 5.55. The molecule has 1 amide bonds. The molecular weight excluding hydrogens is 276 g/mol. The molecule has 2 aromatic rings. The topological polar surface area (TPSA) is 48.5 Å². The minimum absolute atomic E-state index is 0.118. The van der Waals surface area contributed by atoms with Crippen LogP contribution in [0.5, 0.6) is 0 Å². The van der Waals surface area contributed by atoms with Crippen molar-refractivity contribution in [1.29, 1.82) is 0 Å². The first-order chi connectivity index (χ1) is 10.5. The van der Waals surface area contributed by atoms with Crippen molar-refractivity contribution in [1.82, 2.24) is 10.3 Å². The molecule has 0 spiro atoms. The maximum atomic E-state index is 12.1. The van der Waals surface area contributed by atoms with Crippen molar-refractivity contribution in [3.63, 3.8) is 0 Å². The molecule has 0 fully saturated rings. The summed E-state index contributed by atoms with van der Waals surface area (Å²) in [7, 11) is 7.82.